The molecule has 4 nitrogen and oxygen atoms in total. The number of rotatable bonds is 2. The maximum atomic E-state index is 12.6. The van der Waals surface area contributed by atoms with Crippen molar-refractivity contribution < 1.29 is 9.21 Å². The number of carbonyl (C=O) groups is 1. The summed E-state index contributed by atoms with van der Waals surface area (Å²) in [5, 5.41) is 4.34. The van der Waals surface area contributed by atoms with Crippen molar-refractivity contribution in [1.29, 1.82) is 0 Å². The van der Waals surface area contributed by atoms with Crippen molar-refractivity contribution >= 4 is 16.9 Å². The van der Waals surface area contributed by atoms with E-state index in [0.29, 0.717) is 17.5 Å². The van der Waals surface area contributed by atoms with Crippen LogP contribution in [0.25, 0.3) is 11.0 Å². The van der Waals surface area contributed by atoms with Crippen molar-refractivity contribution in [3.05, 3.63) is 35.6 Å². The number of amides is 1. The maximum Gasteiger partial charge on any atom is 0.251 e. The Bertz CT molecular complexity index is 711. The van der Waals surface area contributed by atoms with Gasteiger partial charge in [-0.25, -0.2) is 0 Å². The van der Waals surface area contributed by atoms with Gasteiger partial charge < -0.3 is 9.73 Å². The second-order valence-corrected chi connectivity index (χ2v) is 6.74. The van der Waals surface area contributed by atoms with Gasteiger partial charge in [0.15, 0.2) is 0 Å². The molecular weight excluding hydrogens is 276 g/mol. The standard InChI is InChI=1S/C18H22N2O2/c1-11-10-22-16-9-14(3-4-15(11)16)18(21)19-17-12(2)20-7-5-13(17)6-8-20/h3-4,9-10,12-13,17H,5-8H2,1-2H3,(H,19,21)/t12-,17-/m0/s1. The van der Waals surface area contributed by atoms with Gasteiger partial charge in [-0.15, -0.1) is 0 Å². The quantitative estimate of drug-likeness (QED) is 0.927. The summed E-state index contributed by atoms with van der Waals surface area (Å²) in [5.41, 5.74) is 2.57. The van der Waals surface area contributed by atoms with Crippen molar-refractivity contribution in [2.24, 2.45) is 5.92 Å². The lowest BCUT2D eigenvalue weighted by Gasteiger charge is -2.49. The predicted molar refractivity (Wildman–Crippen MR) is 86.0 cm³/mol. The van der Waals surface area contributed by atoms with Crippen LogP contribution in [0, 0.1) is 12.8 Å². The minimum atomic E-state index is 0.0153. The van der Waals surface area contributed by atoms with Gasteiger partial charge in [0, 0.05) is 23.0 Å². The second kappa shape index (κ2) is 5.13. The lowest BCUT2D eigenvalue weighted by atomic mass is 9.79. The fourth-order valence-electron chi connectivity index (χ4n) is 4.08. The highest BCUT2D eigenvalue weighted by Gasteiger charge is 2.40. The molecule has 2 aromatic rings. The Labute approximate surface area is 130 Å². The smallest absolute Gasteiger partial charge is 0.251 e. The van der Waals surface area contributed by atoms with Crippen LogP contribution in [-0.4, -0.2) is 36.0 Å². The number of nitrogens with one attached hydrogen (secondary N) is 1. The fraction of sp³-hybridized carbons (Fsp3) is 0.500. The highest BCUT2D eigenvalue weighted by molar-refractivity contribution is 5.98. The lowest BCUT2D eigenvalue weighted by molar-refractivity contribution is 0.0217. The molecule has 1 aromatic carbocycles. The van der Waals surface area contributed by atoms with E-state index in [2.05, 4.69) is 17.1 Å². The van der Waals surface area contributed by atoms with E-state index in [-0.39, 0.29) is 11.9 Å². The summed E-state index contributed by atoms with van der Waals surface area (Å²) in [6, 6.07) is 6.42. The van der Waals surface area contributed by atoms with Crippen molar-refractivity contribution in [1.82, 2.24) is 10.2 Å². The molecule has 0 radical (unpaired) electrons. The molecule has 3 aliphatic heterocycles. The van der Waals surface area contributed by atoms with E-state index in [0.717, 1.165) is 16.5 Å². The number of carbonyl (C=O) groups excluding carboxylic acids is 1. The average Bonchev–Trinajstić information content (AvgIpc) is 2.92. The molecule has 22 heavy (non-hydrogen) atoms. The Kier molecular flexibility index (Phi) is 3.22. The Morgan fingerprint density at radius 1 is 1.32 bits per heavy atom. The van der Waals surface area contributed by atoms with Crippen LogP contribution in [0.2, 0.25) is 0 Å². The number of hydrogen-bond acceptors (Lipinski definition) is 3. The molecular formula is C18H22N2O2. The number of aryl methyl sites for hydroxylation is 1. The number of hydrogen-bond donors (Lipinski definition) is 1. The van der Waals surface area contributed by atoms with Crippen LogP contribution in [0.5, 0.6) is 0 Å². The summed E-state index contributed by atoms with van der Waals surface area (Å²) in [6.07, 6.45) is 4.14. The largest absolute Gasteiger partial charge is 0.464 e. The van der Waals surface area contributed by atoms with Crippen molar-refractivity contribution in [3.63, 3.8) is 0 Å². The summed E-state index contributed by atoms with van der Waals surface area (Å²) < 4.78 is 5.51. The van der Waals surface area contributed by atoms with Crippen LogP contribution in [0.15, 0.2) is 28.9 Å². The lowest BCUT2D eigenvalue weighted by Crippen LogP contribution is -2.62. The third kappa shape index (κ3) is 2.13. The first-order valence-corrected chi connectivity index (χ1v) is 8.16. The molecule has 2 atom stereocenters. The number of fused-ring (bicyclic) bond motifs is 4. The van der Waals surface area contributed by atoms with E-state index in [1.54, 1.807) is 6.26 Å². The van der Waals surface area contributed by atoms with Crippen LogP contribution in [0.4, 0.5) is 0 Å². The Morgan fingerprint density at radius 3 is 2.82 bits per heavy atom. The zero-order chi connectivity index (χ0) is 15.3. The fourth-order valence-corrected chi connectivity index (χ4v) is 4.08. The molecule has 3 saturated heterocycles. The molecule has 1 amide bonds. The minimum Gasteiger partial charge on any atom is -0.464 e. The zero-order valence-corrected chi connectivity index (χ0v) is 13.1. The van der Waals surface area contributed by atoms with Gasteiger partial charge in [-0.3, -0.25) is 9.69 Å². The zero-order valence-electron chi connectivity index (χ0n) is 13.1. The van der Waals surface area contributed by atoms with Crippen LogP contribution in [0.1, 0.15) is 35.7 Å². The molecule has 116 valence electrons. The van der Waals surface area contributed by atoms with Gasteiger partial charge in [0.1, 0.15) is 5.58 Å². The monoisotopic (exact) mass is 298 g/mol. The van der Waals surface area contributed by atoms with Crippen molar-refractivity contribution in [2.45, 2.75) is 38.8 Å². The molecule has 0 aliphatic carbocycles. The third-order valence-electron chi connectivity index (χ3n) is 5.51. The highest BCUT2D eigenvalue weighted by Crippen LogP contribution is 2.32. The van der Waals surface area contributed by atoms with E-state index in [1.807, 2.05) is 25.1 Å². The van der Waals surface area contributed by atoms with E-state index in [4.69, 9.17) is 4.42 Å². The van der Waals surface area contributed by atoms with E-state index in [9.17, 15) is 4.79 Å². The maximum absolute atomic E-state index is 12.6. The first-order valence-electron chi connectivity index (χ1n) is 8.16. The van der Waals surface area contributed by atoms with Gasteiger partial charge in [0.05, 0.1) is 6.26 Å². The van der Waals surface area contributed by atoms with Gasteiger partial charge in [-0.1, -0.05) is 6.07 Å². The normalized spacial score (nSPS) is 30.6. The molecule has 0 unspecified atom stereocenters. The van der Waals surface area contributed by atoms with E-state index in [1.165, 1.54) is 25.9 Å². The second-order valence-electron chi connectivity index (χ2n) is 6.74. The number of nitrogens with zero attached hydrogens (tertiary/aromatic N) is 1. The van der Waals surface area contributed by atoms with Crippen LogP contribution in [0.3, 0.4) is 0 Å². The van der Waals surface area contributed by atoms with Gasteiger partial charge in [0.25, 0.3) is 5.91 Å². The highest BCUT2D eigenvalue weighted by atomic mass is 16.3. The summed E-state index contributed by atoms with van der Waals surface area (Å²) in [6.45, 7) is 6.60. The van der Waals surface area contributed by atoms with Crippen molar-refractivity contribution in [2.75, 3.05) is 13.1 Å². The van der Waals surface area contributed by atoms with E-state index < -0.39 is 0 Å². The summed E-state index contributed by atoms with van der Waals surface area (Å²) >= 11 is 0. The Balaban J connectivity index is 1.55. The molecule has 2 bridgehead atoms. The topological polar surface area (TPSA) is 45.5 Å². The summed E-state index contributed by atoms with van der Waals surface area (Å²) in [7, 11) is 0. The van der Waals surface area contributed by atoms with Gasteiger partial charge >= 0.3 is 0 Å². The van der Waals surface area contributed by atoms with Crippen LogP contribution < -0.4 is 5.32 Å². The Morgan fingerprint density at radius 2 is 2.09 bits per heavy atom. The van der Waals surface area contributed by atoms with Gasteiger partial charge in [-0.2, -0.15) is 0 Å². The van der Waals surface area contributed by atoms with Crippen molar-refractivity contribution in [3.8, 4) is 0 Å². The average molecular weight is 298 g/mol. The molecule has 5 rings (SSSR count). The molecule has 0 spiro atoms. The molecule has 4 heteroatoms. The minimum absolute atomic E-state index is 0.0153. The number of benzene rings is 1. The predicted octanol–water partition coefficient (Wildman–Crippen LogP) is 2.95. The molecule has 3 aliphatic rings. The molecule has 1 N–H and O–H groups in total. The summed E-state index contributed by atoms with van der Waals surface area (Å²) in [5.74, 6) is 0.639. The SMILES string of the molecule is Cc1coc2cc(C(=O)N[C@@H]3C4CCN(CC4)[C@H]3C)ccc12. The number of furan rings is 1. The summed E-state index contributed by atoms with van der Waals surface area (Å²) in [4.78, 5) is 15.1. The molecule has 1 aromatic heterocycles. The third-order valence-corrected chi connectivity index (χ3v) is 5.51. The Hall–Kier alpha value is -1.81. The van der Waals surface area contributed by atoms with Gasteiger partial charge in [0.2, 0.25) is 0 Å². The van der Waals surface area contributed by atoms with E-state index >= 15 is 0 Å². The first-order chi connectivity index (χ1) is 10.6. The van der Waals surface area contributed by atoms with Gasteiger partial charge in [-0.05, 0) is 63.4 Å². The molecule has 3 fully saturated rings. The first kappa shape index (κ1) is 13.8. The van der Waals surface area contributed by atoms with Crippen LogP contribution >= 0.6 is 0 Å². The molecule has 0 saturated carbocycles. The van der Waals surface area contributed by atoms with Crippen LogP contribution in [-0.2, 0) is 0 Å². The number of piperidine rings is 3. The molecule has 4 heterocycles.